The number of thioether (sulfide) groups is 1. The molecule has 1 unspecified atom stereocenters. The molecule has 5 nitrogen and oxygen atoms in total. The first-order chi connectivity index (χ1) is 9.86. The molecule has 2 aromatic rings. The first-order valence-corrected chi connectivity index (χ1v) is 7.81. The molecule has 2 N–H and O–H groups in total. The highest BCUT2D eigenvalue weighted by Crippen LogP contribution is 2.24. The Kier molecular flexibility index (Phi) is 4.34. The van der Waals surface area contributed by atoms with E-state index in [9.17, 15) is 0 Å². The molecule has 1 aliphatic rings. The number of nitrogens with two attached hydrogens (primary N) is 1. The van der Waals surface area contributed by atoms with E-state index >= 15 is 0 Å². The Bertz CT molecular complexity index is 567. The lowest BCUT2D eigenvalue weighted by Gasteiger charge is -2.18. The van der Waals surface area contributed by atoms with E-state index in [1.54, 1.807) is 0 Å². The first-order valence-electron chi connectivity index (χ1n) is 6.65. The predicted octanol–water partition coefficient (Wildman–Crippen LogP) is 1.92. The van der Waals surface area contributed by atoms with Crippen LogP contribution in [0.25, 0.3) is 0 Å². The Labute approximate surface area is 121 Å². The van der Waals surface area contributed by atoms with E-state index in [0.717, 1.165) is 29.2 Å². The Morgan fingerprint density at radius 2 is 2.15 bits per heavy atom. The molecule has 0 radical (unpaired) electrons. The van der Waals surface area contributed by atoms with E-state index in [-0.39, 0.29) is 6.10 Å². The molecule has 0 aliphatic carbocycles. The predicted molar refractivity (Wildman–Crippen MR) is 77.5 cm³/mol. The van der Waals surface area contributed by atoms with E-state index < -0.39 is 0 Å². The minimum absolute atomic E-state index is 0.0454. The maximum absolute atomic E-state index is 5.74. The van der Waals surface area contributed by atoms with Gasteiger partial charge in [0.1, 0.15) is 6.10 Å². The molecule has 20 heavy (non-hydrogen) atoms. The molecule has 106 valence electrons. The molecule has 0 saturated carbocycles. The molecule has 1 saturated heterocycles. The molecule has 1 aliphatic heterocycles. The molecule has 6 heteroatoms. The number of hydrogen-bond donors (Lipinski definition) is 1. The van der Waals surface area contributed by atoms with Gasteiger partial charge in [-0.1, -0.05) is 29.4 Å². The minimum Gasteiger partial charge on any atom is -0.368 e. The number of benzene rings is 1. The standard InChI is InChI=1S/C14H17N3O2S/c15-8-11-4-2-1-3-10(11)7-13-16-14(17-19-13)12-9-20-6-5-18-12/h1-4,12H,5-9,15H2. The van der Waals surface area contributed by atoms with Gasteiger partial charge < -0.3 is 15.0 Å². The maximum atomic E-state index is 5.74. The van der Waals surface area contributed by atoms with Crippen LogP contribution in [0.3, 0.4) is 0 Å². The van der Waals surface area contributed by atoms with Crippen molar-refractivity contribution in [2.75, 3.05) is 18.1 Å². The van der Waals surface area contributed by atoms with Crippen LogP contribution >= 0.6 is 11.8 Å². The summed E-state index contributed by atoms with van der Waals surface area (Å²) in [6.07, 6.45) is 0.566. The van der Waals surface area contributed by atoms with Crippen molar-refractivity contribution in [3.05, 3.63) is 47.1 Å². The van der Waals surface area contributed by atoms with Gasteiger partial charge in [-0.25, -0.2) is 0 Å². The van der Waals surface area contributed by atoms with E-state index in [2.05, 4.69) is 10.1 Å². The van der Waals surface area contributed by atoms with Crippen LogP contribution in [0.1, 0.15) is 28.9 Å². The van der Waals surface area contributed by atoms with Crippen LogP contribution in [0.15, 0.2) is 28.8 Å². The van der Waals surface area contributed by atoms with E-state index in [1.165, 1.54) is 0 Å². The molecule has 0 amide bonds. The number of ether oxygens (including phenoxy) is 1. The summed E-state index contributed by atoms with van der Waals surface area (Å²) in [5.41, 5.74) is 7.97. The summed E-state index contributed by atoms with van der Waals surface area (Å²) in [5.74, 6) is 3.18. The van der Waals surface area contributed by atoms with E-state index in [1.807, 2.05) is 36.0 Å². The Balaban J connectivity index is 1.73. The van der Waals surface area contributed by atoms with Crippen LogP contribution in [0.5, 0.6) is 0 Å². The van der Waals surface area contributed by atoms with Gasteiger partial charge in [-0.05, 0) is 11.1 Å². The fourth-order valence-corrected chi connectivity index (χ4v) is 3.04. The van der Waals surface area contributed by atoms with E-state index in [4.69, 9.17) is 15.0 Å². The van der Waals surface area contributed by atoms with Gasteiger partial charge in [0, 0.05) is 18.1 Å². The maximum Gasteiger partial charge on any atom is 0.231 e. The molecule has 2 heterocycles. The summed E-state index contributed by atoms with van der Waals surface area (Å²) in [6, 6.07) is 8.04. The van der Waals surface area contributed by atoms with Gasteiger partial charge >= 0.3 is 0 Å². The molecule has 1 aromatic carbocycles. The molecule has 1 atom stereocenters. The van der Waals surface area contributed by atoms with Gasteiger partial charge in [-0.2, -0.15) is 16.7 Å². The summed E-state index contributed by atoms with van der Waals surface area (Å²) in [5, 5.41) is 4.04. The summed E-state index contributed by atoms with van der Waals surface area (Å²) in [6.45, 7) is 1.26. The fraction of sp³-hybridized carbons (Fsp3) is 0.429. The Morgan fingerprint density at radius 1 is 1.30 bits per heavy atom. The molecule has 1 fully saturated rings. The molecule has 0 spiro atoms. The average molecular weight is 291 g/mol. The average Bonchev–Trinajstić information content (AvgIpc) is 2.97. The van der Waals surface area contributed by atoms with Crippen molar-refractivity contribution in [2.24, 2.45) is 5.73 Å². The molecule has 0 bridgehead atoms. The highest BCUT2D eigenvalue weighted by Gasteiger charge is 2.22. The van der Waals surface area contributed by atoms with Crippen molar-refractivity contribution in [1.82, 2.24) is 10.1 Å². The third kappa shape index (κ3) is 3.03. The lowest BCUT2D eigenvalue weighted by atomic mass is 10.0. The Morgan fingerprint density at radius 3 is 2.90 bits per heavy atom. The van der Waals surface area contributed by atoms with Crippen molar-refractivity contribution in [1.29, 1.82) is 0 Å². The third-order valence-electron chi connectivity index (χ3n) is 3.27. The van der Waals surface area contributed by atoms with Gasteiger partial charge in [0.25, 0.3) is 0 Å². The number of rotatable bonds is 4. The lowest BCUT2D eigenvalue weighted by molar-refractivity contribution is 0.0677. The number of nitrogens with zero attached hydrogens (tertiary/aromatic N) is 2. The van der Waals surface area contributed by atoms with Gasteiger partial charge in [0.15, 0.2) is 0 Å². The smallest absolute Gasteiger partial charge is 0.231 e. The van der Waals surface area contributed by atoms with Crippen molar-refractivity contribution in [3.63, 3.8) is 0 Å². The van der Waals surface area contributed by atoms with Gasteiger partial charge in [0.2, 0.25) is 11.7 Å². The lowest BCUT2D eigenvalue weighted by Crippen LogP contribution is -2.16. The Hall–Kier alpha value is -1.37. The van der Waals surface area contributed by atoms with Crippen molar-refractivity contribution in [3.8, 4) is 0 Å². The second kappa shape index (κ2) is 6.39. The van der Waals surface area contributed by atoms with Gasteiger partial charge in [0.05, 0.1) is 13.0 Å². The van der Waals surface area contributed by atoms with Crippen LogP contribution in [-0.2, 0) is 17.7 Å². The summed E-state index contributed by atoms with van der Waals surface area (Å²) in [4.78, 5) is 4.45. The minimum atomic E-state index is -0.0454. The summed E-state index contributed by atoms with van der Waals surface area (Å²) < 4.78 is 11.0. The van der Waals surface area contributed by atoms with E-state index in [0.29, 0.717) is 24.7 Å². The van der Waals surface area contributed by atoms with Crippen LogP contribution < -0.4 is 5.73 Å². The molecule has 1 aromatic heterocycles. The van der Waals surface area contributed by atoms with Crippen molar-refractivity contribution >= 4 is 11.8 Å². The molecular formula is C14H17N3O2S. The second-order valence-corrected chi connectivity index (χ2v) is 5.78. The van der Waals surface area contributed by atoms with Gasteiger partial charge in [-0.15, -0.1) is 0 Å². The highest BCUT2D eigenvalue weighted by atomic mass is 32.2. The monoisotopic (exact) mass is 291 g/mol. The van der Waals surface area contributed by atoms with Crippen molar-refractivity contribution < 1.29 is 9.26 Å². The molecule has 3 rings (SSSR count). The first kappa shape index (κ1) is 13.6. The zero-order valence-electron chi connectivity index (χ0n) is 11.1. The summed E-state index contributed by atoms with van der Waals surface area (Å²) in [7, 11) is 0. The topological polar surface area (TPSA) is 74.2 Å². The van der Waals surface area contributed by atoms with Crippen LogP contribution in [0, 0.1) is 0 Å². The SMILES string of the molecule is NCc1ccccc1Cc1nc(C2CSCCO2)no1. The third-order valence-corrected chi connectivity index (χ3v) is 4.26. The van der Waals surface area contributed by atoms with Crippen LogP contribution in [-0.4, -0.2) is 28.3 Å². The largest absolute Gasteiger partial charge is 0.368 e. The summed E-state index contributed by atoms with van der Waals surface area (Å²) >= 11 is 1.85. The zero-order valence-corrected chi connectivity index (χ0v) is 11.9. The second-order valence-electron chi connectivity index (χ2n) is 4.63. The van der Waals surface area contributed by atoms with Crippen LogP contribution in [0.2, 0.25) is 0 Å². The van der Waals surface area contributed by atoms with Crippen molar-refractivity contribution in [2.45, 2.75) is 19.1 Å². The van der Waals surface area contributed by atoms with Gasteiger partial charge in [-0.3, -0.25) is 0 Å². The molecular weight excluding hydrogens is 274 g/mol. The highest BCUT2D eigenvalue weighted by molar-refractivity contribution is 7.99. The fourth-order valence-electron chi connectivity index (χ4n) is 2.20. The number of aromatic nitrogens is 2. The number of hydrogen-bond acceptors (Lipinski definition) is 6. The zero-order chi connectivity index (χ0) is 13.8. The van der Waals surface area contributed by atoms with Crippen LogP contribution in [0.4, 0.5) is 0 Å². The quantitative estimate of drug-likeness (QED) is 0.927. The normalized spacial score (nSPS) is 19.1.